The zero-order valence-electron chi connectivity index (χ0n) is 20.0. The van der Waals surface area contributed by atoms with E-state index in [1.54, 1.807) is 11.8 Å². The van der Waals surface area contributed by atoms with E-state index in [1.807, 2.05) is 0 Å². The number of carbonyl (C=O) groups excluding carboxylic acids is 2. The number of nitrogens with zero attached hydrogens (tertiary/aromatic N) is 1. The molecule has 1 aliphatic carbocycles. The van der Waals surface area contributed by atoms with Crippen LogP contribution >= 0.6 is 0 Å². The van der Waals surface area contributed by atoms with Gasteiger partial charge in [0.15, 0.2) is 0 Å². The molecule has 1 aliphatic heterocycles. The van der Waals surface area contributed by atoms with Crippen LogP contribution in [0.15, 0.2) is 24.3 Å². The Morgan fingerprint density at radius 3 is 2.26 bits per heavy atom. The average molecular weight is 488 g/mol. The Labute approximate surface area is 199 Å². The summed E-state index contributed by atoms with van der Waals surface area (Å²) in [6.07, 6.45) is 1.47. The number of halogens is 3. The maximum absolute atomic E-state index is 12.1. The lowest BCUT2D eigenvalue weighted by Gasteiger charge is -2.26. The SMILES string of the molecule is CC(CNc1ccc(OC(F)(F)F)cc1)NC(=O)CCC(=O)N1CCOCC1.CC1CCCC1. The Bertz CT molecular complexity index is 747. The molecule has 2 fully saturated rings. The highest BCUT2D eigenvalue weighted by Crippen LogP contribution is 2.24. The lowest BCUT2D eigenvalue weighted by atomic mass is 10.2. The first-order valence-corrected chi connectivity index (χ1v) is 11.9. The van der Waals surface area contributed by atoms with Crippen molar-refractivity contribution < 1.29 is 32.2 Å². The maximum atomic E-state index is 12.1. The van der Waals surface area contributed by atoms with Gasteiger partial charge < -0.3 is 25.0 Å². The third kappa shape index (κ3) is 11.6. The van der Waals surface area contributed by atoms with Crippen molar-refractivity contribution >= 4 is 17.5 Å². The molecule has 1 unspecified atom stereocenters. The molecule has 1 saturated carbocycles. The highest BCUT2D eigenvalue weighted by Gasteiger charge is 2.31. The predicted octanol–water partition coefficient (Wildman–Crippen LogP) is 4.34. The molecule has 1 atom stereocenters. The van der Waals surface area contributed by atoms with E-state index in [0.717, 1.165) is 5.92 Å². The number of carbonyl (C=O) groups is 2. The summed E-state index contributed by atoms with van der Waals surface area (Å²) in [7, 11) is 0. The Morgan fingerprint density at radius 2 is 1.74 bits per heavy atom. The molecule has 1 saturated heterocycles. The van der Waals surface area contributed by atoms with Crippen molar-refractivity contribution in [3.05, 3.63) is 24.3 Å². The summed E-state index contributed by atoms with van der Waals surface area (Å²) in [5.74, 6) is 0.449. The summed E-state index contributed by atoms with van der Waals surface area (Å²) < 4.78 is 45.4. The number of ether oxygens (including phenoxy) is 2. The van der Waals surface area contributed by atoms with Crippen molar-refractivity contribution in [2.75, 3.05) is 38.2 Å². The molecule has 1 heterocycles. The molecule has 192 valence electrons. The number of alkyl halides is 3. The molecule has 7 nitrogen and oxygen atoms in total. The van der Waals surface area contributed by atoms with Crippen molar-refractivity contribution in [1.29, 1.82) is 0 Å². The fraction of sp³-hybridized carbons (Fsp3) is 0.667. The van der Waals surface area contributed by atoms with E-state index in [4.69, 9.17) is 4.74 Å². The van der Waals surface area contributed by atoms with Gasteiger partial charge in [-0.1, -0.05) is 32.6 Å². The van der Waals surface area contributed by atoms with Crippen LogP contribution in [0.2, 0.25) is 0 Å². The Kier molecular flexibility index (Phi) is 11.5. The number of benzene rings is 1. The molecule has 0 bridgehead atoms. The Balaban J connectivity index is 0.000000589. The molecule has 0 aromatic heterocycles. The fourth-order valence-corrected chi connectivity index (χ4v) is 3.76. The maximum Gasteiger partial charge on any atom is 0.573 e. The molecule has 3 rings (SSSR count). The minimum absolute atomic E-state index is 0.0645. The average Bonchev–Trinajstić information content (AvgIpc) is 3.28. The van der Waals surface area contributed by atoms with Crippen molar-refractivity contribution in [1.82, 2.24) is 10.2 Å². The zero-order chi connectivity index (χ0) is 25.0. The van der Waals surface area contributed by atoms with Crippen LogP contribution in [0.5, 0.6) is 5.75 Å². The summed E-state index contributed by atoms with van der Waals surface area (Å²) in [5, 5.41) is 5.80. The molecule has 34 heavy (non-hydrogen) atoms. The van der Waals surface area contributed by atoms with Crippen LogP contribution in [0.1, 0.15) is 52.4 Å². The van der Waals surface area contributed by atoms with Crippen molar-refractivity contribution in [2.24, 2.45) is 5.92 Å². The minimum Gasteiger partial charge on any atom is -0.406 e. The molecule has 1 aromatic rings. The normalized spacial score (nSPS) is 17.4. The van der Waals surface area contributed by atoms with E-state index in [-0.39, 0.29) is 36.4 Å². The van der Waals surface area contributed by atoms with E-state index in [2.05, 4.69) is 22.3 Å². The van der Waals surface area contributed by atoms with Gasteiger partial charge in [-0.15, -0.1) is 13.2 Å². The van der Waals surface area contributed by atoms with Gasteiger partial charge in [-0.05, 0) is 37.1 Å². The summed E-state index contributed by atoms with van der Waals surface area (Å²) in [6, 6.07) is 5.09. The molecule has 2 amide bonds. The molecule has 1 aromatic carbocycles. The third-order valence-electron chi connectivity index (χ3n) is 5.68. The summed E-state index contributed by atoms with van der Waals surface area (Å²) in [6.45, 7) is 6.64. The number of rotatable bonds is 8. The standard InChI is InChI=1S/C18H24F3N3O4.C6H12/c1-13(12-22-14-2-4-15(5-3-14)28-18(19,20)21)23-16(25)6-7-17(26)24-8-10-27-11-9-24;1-6-4-2-3-5-6/h2-5,13,22H,6-12H2,1H3,(H,23,25);6H,2-5H2,1H3. The van der Waals surface area contributed by atoms with Crippen molar-refractivity contribution in [3.63, 3.8) is 0 Å². The molecule has 0 radical (unpaired) electrons. The second kappa shape index (κ2) is 14.0. The molecule has 10 heteroatoms. The topological polar surface area (TPSA) is 79.9 Å². The van der Waals surface area contributed by atoms with Gasteiger partial charge in [0.25, 0.3) is 0 Å². The Hall–Kier alpha value is -2.49. The van der Waals surface area contributed by atoms with Crippen molar-refractivity contribution in [3.8, 4) is 5.75 Å². The van der Waals surface area contributed by atoms with Gasteiger partial charge in [-0.2, -0.15) is 0 Å². The van der Waals surface area contributed by atoms with Crippen molar-refractivity contribution in [2.45, 2.75) is 64.8 Å². The number of anilines is 1. The number of hydrogen-bond acceptors (Lipinski definition) is 5. The van der Waals surface area contributed by atoms with Gasteiger partial charge in [0, 0.05) is 44.2 Å². The quantitative estimate of drug-likeness (QED) is 0.570. The first-order chi connectivity index (χ1) is 16.1. The highest BCUT2D eigenvalue weighted by molar-refractivity contribution is 5.84. The molecule has 2 aliphatic rings. The molecular weight excluding hydrogens is 451 g/mol. The summed E-state index contributed by atoms with van der Waals surface area (Å²) in [4.78, 5) is 25.7. The van der Waals surface area contributed by atoms with E-state index in [1.165, 1.54) is 49.9 Å². The number of amides is 2. The van der Waals surface area contributed by atoms with E-state index >= 15 is 0 Å². The van der Waals surface area contributed by atoms with E-state index < -0.39 is 6.36 Å². The molecule has 0 spiro atoms. The first-order valence-electron chi connectivity index (χ1n) is 11.9. The van der Waals surface area contributed by atoms with Gasteiger partial charge in [0.2, 0.25) is 11.8 Å². The van der Waals surface area contributed by atoms with E-state index in [0.29, 0.717) is 38.5 Å². The lowest BCUT2D eigenvalue weighted by molar-refractivity contribution is -0.274. The monoisotopic (exact) mass is 487 g/mol. The van der Waals surface area contributed by atoms with Gasteiger partial charge in [0.1, 0.15) is 5.75 Å². The second-order valence-corrected chi connectivity index (χ2v) is 8.80. The number of nitrogens with one attached hydrogen (secondary N) is 2. The predicted molar refractivity (Wildman–Crippen MR) is 123 cm³/mol. The van der Waals surface area contributed by atoms with Crippen LogP contribution in [0.25, 0.3) is 0 Å². The number of hydrogen-bond donors (Lipinski definition) is 2. The van der Waals surface area contributed by atoms with Gasteiger partial charge >= 0.3 is 6.36 Å². The Morgan fingerprint density at radius 1 is 1.12 bits per heavy atom. The zero-order valence-corrected chi connectivity index (χ0v) is 20.0. The molecule has 2 N–H and O–H groups in total. The summed E-state index contributed by atoms with van der Waals surface area (Å²) >= 11 is 0. The van der Waals surface area contributed by atoms with Gasteiger partial charge in [-0.25, -0.2) is 0 Å². The minimum atomic E-state index is -4.73. The van der Waals surface area contributed by atoms with E-state index in [9.17, 15) is 22.8 Å². The fourth-order valence-electron chi connectivity index (χ4n) is 3.76. The van der Waals surface area contributed by atoms with Crippen LogP contribution in [-0.2, 0) is 14.3 Å². The largest absolute Gasteiger partial charge is 0.573 e. The number of morpholine rings is 1. The second-order valence-electron chi connectivity index (χ2n) is 8.80. The van der Waals surface area contributed by atoms with Crippen LogP contribution in [0.3, 0.4) is 0 Å². The van der Waals surface area contributed by atoms with Crippen LogP contribution in [-0.4, -0.2) is 62.0 Å². The highest BCUT2D eigenvalue weighted by atomic mass is 19.4. The van der Waals surface area contributed by atoms with Crippen LogP contribution in [0.4, 0.5) is 18.9 Å². The van der Waals surface area contributed by atoms with Crippen LogP contribution in [0, 0.1) is 5.92 Å². The van der Waals surface area contributed by atoms with Crippen LogP contribution < -0.4 is 15.4 Å². The first kappa shape index (κ1) is 27.8. The molecular formula is C24H36F3N3O4. The van der Waals surface area contributed by atoms with Gasteiger partial charge in [0.05, 0.1) is 13.2 Å². The lowest BCUT2D eigenvalue weighted by Crippen LogP contribution is -2.42. The van der Waals surface area contributed by atoms with Gasteiger partial charge in [-0.3, -0.25) is 9.59 Å². The third-order valence-corrected chi connectivity index (χ3v) is 5.68. The summed E-state index contributed by atoms with van der Waals surface area (Å²) in [5.41, 5.74) is 0.595. The smallest absolute Gasteiger partial charge is 0.406 e.